The Labute approximate surface area is 177 Å². The van der Waals surface area contributed by atoms with Crippen LogP contribution in [0.3, 0.4) is 0 Å². The first-order chi connectivity index (χ1) is 14.8. The van der Waals surface area contributed by atoms with Crippen LogP contribution in [0.5, 0.6) is 0 Å². The van der Waals surface area contributed by atoms with E-state index in [2.05, 4.69) is 4.98 Å². The summed E-state index contributed by atoms with van der Waals surface area (Å²) in [6, 6.07) is 10.0. The molecule has 1 saturated heterocycles. The minimum Gasteiger partial charge on any atom is -0.361 e. The molecule has 4 rings (SSSR count). The van der Waals surface area contributed by atoms with Crippen LogP contribution in [-0.2, 0) is 22.4 Å². The van der Waals surface area contributed by atoms with Gasteiger partial charge in [0.05, 0.1) is 21.9 Å². The molecule has 3 aromatic rings. The summed E-state index contributed by atoms with van der Waals surface area (Å²) in [7, 11) is 3.17. The Balaban J connectivity index is 1.64. The number of nitrogens with zero attached hydrogens (tertiary/aromatic N) is 3. The summed E-state index contributed by atoms with van der Waals surface area (Å²) in [4.78, 5) is 42.7. The number of piperazine rings is 1. The molecule has 9 heteroatoms. The summed E-state index contributed by atoms with van der Waals surface area (Å²) in [5.41, 5.74) is 1.32. The Kier molecular flexibility index (Phi) is 5.18. The largest absolute Gasteiger partial charge is 0.361 e. The van der Waals surface area contributed by atoms with Gasteiger partial charge in [-0.05, 0) is 17.2 Å². The molecule has 0 unspecified atom stereocenters. The van der Waals surface area contributed by atoms with Crippen LogP contribution in [0.4, 0.5) is 10.1 Å². The van der Waals surface area contributed by atoms with Crippen molar-refractivity contribution < 1.29 is 18.9 Å². The SMILES string of the molecule is CN1C(=O)[C@H](Cc2c[nH]c3cc(F)cc([N+](=O)[O-])c23)N(C)C(=O)[C@@H]1Cc1ccccc1. The molecule has 0 radical (unpaired) electrons. The Morgan fingerprint density at radius 3 is 2.26 bits per heavy atom. The average Bonchev–Trinajstić information content (AvgIpc) is 3.15. The molecule has 1 aromatic heterocycles. The van der Waals surface area contributed by atoms with Crippen LogP contribution in [0.1, 0.15) is 11.1 Å². The van der Waals surface area contributed by atoms with Crippen molar-refractivity contribution in [3.63, 3.8) is 0 Å². The van der Waals surface area contributed by atoms with Gasteiger partial charge in [-0.2, -0.15) is 0 Å². The monoisotopic (exact) mass is 424 g/mol. The van der Waals surface area contributed by atoms with Crippen LogP contribution >= 0.6 is 0 Å². The van der Waals surface area contributed by atoms with Gasteiger partial charge < -0.3 is 14.8 Å². The van der Waals surface area contributed by atoms with Gasteiger partial charge in [-0.25, -0.2) is 4.39 Å². The molecule has 1 N–H and O–H groups in total. The molecule has 8 nitrogen and oxygen atoms in total. The molecule has 0 aliphatic carbocycles. The molecule has 1 aliphatic heterocycles. The lowest BCUT2D eigenvalue weighted by molar-refractivity contribution is -0.383. The normalized spacial score (nSPS) is 19.3. The number of halogens is 1. The van der Waals surface area contributed by atoms with E-state index in [1.807, 2.05) is 30.3 Å². The molecule has 1 fully saturated rings. The minimum atomic E-state index is -0.812. The highest BCUT2D eigenvalue weighted by Crippen LogP contribution is 2.32. The number of amides is 2. The molecular formula is C22H21FN4O4. The fourth-order valence-electron chi connectivity index (χ4n) is 4.19. The van der Waals surface area contributed by atoms with Crippen LogP contribution in [0.15, 0.2) is 48.7 Å². The van der Waals surface area contributed by atoms with Crippen LogP contribution in [0, 0.1) is 15.9 Å². The number of non-ortho nitro benzene ring substituents is 1. The molecule has 2 atom stereocenters. The quantitative estimate of drug-likeness (QED) is 0.503. The van der Waals surface area contributed by atoms with Crippen LogP contribution < -0.4 is 0 Å². The predicted octanol–water partition coefficient (Wildman–Crippen LogP) is 2.67. The van der Waals surface area contributed by atoms with E-state index in [-0.39, 0.29) is 34.8 Å². The molecule has 2 heterocycles. The molecular weight excluding hydrogens is 403 g/mol. The van der Waals surface area contributed by atoms with E-state index in [0.717, 1.165) is 11.6 Å². The Hall–Kier alpha value is -3.75. The number of carbonyl (C=O) groups is 2. The van der Waals surface area contributed by atoms with Gasteiger partial charge in [0.1, 0.15) is 17.9 Å². The van der Waals surface area contributed by atoms with Crippen molar-refractivity contribution in [2.75, 3.05) is 14.1 Å². The number of H-pyrrole nitrogens is 1. The van der Waals surface area contributed by atoms with E-state index in [0.29, 0.717) is 12.0 Å². The number of benzene rings is 2. The second-order valence-electron chi connectivity index (χ2n) is 7.74. The van der Waals surface area contributed by atoms with Crippen molar-refractivity contribution in [2.24, 2.45) is 0 Å². The number of nitrogens with one attached hydrogen (secondary N) is 1. The third-order valence-corrected chi connectivity index (χ3v) is 5.89. The van der Waals surface area contributed by atoms with Gasteiger partial charge in [-0.1, -0.05) is 30.3 Å². The summed E-state index contributed by atoms with van der Waals surface area (Å²) in [5.74, 6) is -1.17. The molecule has 160 valence electrons. The lowest BCUT2D eigenvalue weighted by Gasteiger charge is -2.42. The number of aromatic amines is 1. The maximum atomic E-state index is 13.7. The first-order valence-electron chi connectivity index (χ1n) is 9.79. The molecule has 2 aromatic carbocycles. The molecule has 31 heavy (non-hydrogen) atoms. The number of hydrogen-bond acceptors (Lipinski definition) is 4. The standard InChI is InChI=1S/C22H21FN4O4/c1-25-18(8-13-6-4-3-5-7-13)21(28)26(2)19(22(25)29)9-14-12-24-16-10-15(23)11-17(20(14)16)27(30)31/h3-7,10-12,18-19,24H,8-9H2,1-2H3/t18-,19-/m0/s1. The molecule has 0 saturated carbocycles. The van der Waals surface area contributed by atoms with E-state index in [1.54, 1.807) is 14.1 Å². The maximum absolute atomic E-state index is 13.7. The highest BCUT2D eigenvalue weighted by Gasteiger charge is 2.42. The van der Waals surface area contributed by atoms with Gasteiger partial charge in [0.2, 0.25) is 11.8 Å². The third kappa shape index (κ3) is 3.63. The van der Waals surface area contributed by atoms with E-state index < -0.39 is 22.8 Å². The van der Waals surface area contributed by atoms with Gasteiger partial charge in [-0.15, -0.1) is 0 Å². The smallest absolute Gasteiger partial charge is 0.281 e. The summed E-state index contributed by atoms with van der Waals surface area (Å²) < 4.78 is 13.7. The summed E-state index contributed by atoms with van der Waals surface area (Å²) in [6.45, 7) is 0. The first-order valence-corrected chi connectivity index (χ1v) is 9.79. The maximum Gasteiger partial charge on any atom is 0.281 e. The zero-order chi connectivity index (χ0) is 22.3. The fraction of sp³-hybridized carbons (Fsp3) is 0.273. The van der Waals surface area contributed by atoms with Crippen molar-refractivity contribution in [3.05, 3.63) is 75.7 Å². The number of fused-ring (bicyclic) bond motifs is 1. The summed E-state index contributed by atoms with van der Waals surface area (Å²) in [5, 5.41) is 11.7. The third-order valence-electron chi connectivity index (χ3n) is 5.89. The number of hydrogen-bond donors (Lipinski definition) is 1. The Bertz CT molecular complexity index is 1180. The predicted molar refractivity (Wildman–Crippen MR) is 112 cm³/mol. The molecule has 0 spiro atoms. The fourth-order valence-corrected chi connectivity index (χ4v) is 4.19. The topological polar surface area (TPSA) is 99.5 Å². The zero-order valence-corrected chi connectivity index (χ0v) is 17.0. The average molecular weight is 424 g/mol. The van der Waals surface area contributed by atoms with Crippen molar-refractivity contribution >= 4 is 28.4 Å². The highest BCUT2D eigenvalue weighted by molar-refractivity contribution is 5.98. The summed E-state index contributed by atoms with van der Waals surface area (Å²) >= 11 is 0. The van der Waals surface area contributed by atoms with Gasteiger partial charge in [0.25, 0.3) is 5.69 Å². The van der Waals surface area contributed by atoms with Crippen molar-refractivity contribution in [1.82, 2.24) is 14.8 Å². The van der Waals surface area contributed by atoms with Crippen LogP contribution in [-0.4, -0.2) is 57.7 Å². The molecule has 1 aliphatic rings. The van der Waals surface area contributed by atoms with Crippen molar-refractivity contribution in [3.8, 4) is 0 Å². The molecule has 2 amide bonds. The van der Waals surface area contributed by atoms with E-state index in [9.17, 15) is 24.1 Å². The first kappa shape index (κ1) is 20.5. The van der Waals surface area contributed by atoms with Crippen molar-refractivity contribution in [1.29, 1.82) is 0 Å². The second-order valence-corrected chi connectivity index (χ2v) is 7.74. The lowest BCUT2D eigenvalue weighted by atomic mass is 9.95. The van der Waals surface area contributed by atoms with E-state index in [1.165, 1.54) is 22.1 Å². The highest BCUT2D eigenvalue weighted by atomic mass is 19.1. The van der Waals surface area contributed by atoms with Gasteiger partial charge in [0, 0.05) is 33.1 Å². The van der Waals surface area contributed by atoms with Crippen LogP contribution in [0.2, 0.25) is 0 Å². The van der Waals surface area contributed by atoms with Crippen LogP contribution in [0.25, 0.3) is 10.9 Å². The zero-order valence-electron chi connectivity index (χ0n) is 17.0. The number of aromatic nitrogens is 1. The van der Waals surface area contributed by atoms with E-state index in [4.69, 9.17) is 0 Å². The Morgan fingerprint density at radius 2 is 1.65 bits per heavy atom. The minimum absolute atomic E-state index is 0.0793. The Morgan fingerprint density at radius 1 is 1.03 bits per heavy atom. The van der Waals surface area contributed by atoms with E-state index >= 15 is 0 Å². The van der Waals surface area contributed by atoms with Gasteiger partial charge in [0.15, 0.2) is 0 Å². The second kappa shape index (κ2) is 7.82. The number of likely N-dealkylation sites (N-methyl/N-ethyl adjacent to an activating group) is 2. The number of rotatable bonds is 5. The van der Waals surface area contributed by atoms with Crippen molar-refractivity contribution in [2.45, 2.75) is 24.9 Å². The lowest BCUT2D eigenvalue weighted by Crippen LogP contribution is -2.63. The van der Waals surface area contributed by atoms with Gasteiger partial charge in [-0.3, -0.25) is 19.7 Å². The number of carbonyl (C=O) groups excluding carboxylic acids is 2. The summed E-state index contributed by atoms with van der Waals surface area (Å²) in [6.07, 6.45) is 2.01. The molecule has 0 bridgehead atoms. The number of nitro benzene ring substituents is 1. The number of nitro groups is 1. The van der Waals surface area contributed by atoms with Gasteiger partial charge >= 0.3 is 0 Å².